The molecule has 0 aromatic carbocycles. The molecule has 0 spiro atoms. The normalized spacial score (nSPS) is 23.1. The van der Waals surface area contributed by atoms with Gasteiger partial charge in [-0.3, -0.25) is 19.4 Å². The number of rotatable bonds is 3. The standard InChI is InChI=1S/C24H28N6O/c31-24-9-19(18-3-1-4-25-11-18)8-23-20-7-17(14-29(23)24)13-28(15-20)16-21-10-22-12-26-5-2-6-30(22)27-21/h1,3-4,8-11,17,20,26H,2,5-7,12-16H2/t17-,20+/m0/s1. The first-order valence-electron chi connectivity index (χ1n) is 11.4. The van der Waals surface area contributed by atoms with E-state index in [1.54, 1.807) is 12.3 Å². The Morgan fingerprint density at radius 1 is 1.13 bits per heavy atom. The molecule has 1 N–H and O–H groups in total. The van der Waals surface area contributed by atoms with E-state index < -0.39 is 0 Å². The van der Waals surface area contributed by atoms with Crippen molar-refractivity contribution in [2.45, 2.75) is 44.9 Å². The maximum atomic E-state index is 12.9. The Labute approximate surface area is 181 Å². The van der Waals surface area contributed by atoms with Gasteiger partial charge in [-0.25, -0.2) is 0 Å². The zero-order valence-corrected chi connectivity index (χ0v) is 17.7. The van der Waals surface area contributed by atoms with E-state index in [0.717, 1.165) is 69.8 Å². The van der Waals surface area contributed by atoms with Crippen molar-refractivity contribution in [1.82, 2.24) is 29.5 Å². The van der Waals surface area contributed by atoms with Gasteiger partial charge in [0.2, 0.25) is 0 Å². The molecule has 7 nitrogen and oxygen atoms in total. The maximum Gasteiger partial charge on any atom is 0.251 e. The van der Waals surface area contributed by atoms with Crippen LogP contribution in [0.2, 0.25) is 0 Å². The Kier molecular flexibility index (Phi) is 4.73. The highest BCUT2D eigenvalue weighted by molar-refractivity contribution is 5.62. The van der Waals surface area contributed by atoms with Gasteiger partial charge < -0.3 is 9.88 Å². The smallest absolute Gasteiger partial charge is 0.251 e. The van der Waals surface area contributed by atoms with Gasteiger partial charge in [0.15, 0.2) is 0 Å². The highest BCUT2D eigenvalue weighted by atomic mass is 16.1. The predicted octanol–water partition coefficient (Wildman–Crippen LogP) is 2.22. The van der Waals surface area contributed by atoms with Crippen LogP contribution in [0.4, 0.5) is 0 Å². The molecular formula is C24H28N6O. The molecule has 1 saturated heterocycles. The van der Waals surface area contributed by atoms with E-state index in [-0.39, 0.29) is 5.56 Å². The molecule has 1 fully saturated rings. The van der Waals surface area contributed by atoms with E-state index in [2.05, 4.69) is 32.0 Å². The van der Waals surface area contributed by atoms with Crippen LogP contribution in [0.25, 0.3) is 11.1 Å². The van der Waals surface area contributed by atoms with E-state index in [1.807, 2.05) is 22.9 Å². The average molecular weight is 417 g/mol. The first-order chi connectivity index (χ1) is 15.2. The molecule has 3 aliphatic rings. The van der Waals surface area contributed by atoms with E-state index in [1.165, 1.54) is 17.1 Å². The molecule has 0 aliphatic carbocycles. The molecule has 3 aromatic heterocycles. The summed E-state index contributed by atoms with van der Waals surface area (Å²) in [6.07, 6.45) is 5.90. The molecule has 31 heavy (non-hydrogen) atoms. The molecule has 0 saturated carbocycles. The van der Waals surface area contributed by atoms with Crippen molar-refractivity contribution in [3.05, 3.63) is 70.2 Å². The van der Waals surface area contributed by atoms with Crippen LogP contribution < -0.4 is 10.9 Å². The van der Waals surface area contributed by atoms with Crippen LogP contribution in [0.3, 0.4) is 0 Å². The van der Waals surface area contributed by atoms with Crippen LogP contribution in [0, 0.1) is 5.92 Å². The minimum absolute atomic E-state index is 0.116. The molecule has 3 aromatic rings. The summed E-state index contributed by atoms with van der Waals surface area (Å²) in [7, 11) is 0. The van der Waals surface area contributed by atoms with Crippen LogP contribution >= 0.6 is 0 Å². The second kappa shape index (κ2) is 7.73. The lowest BCUT2D eigenvalue weighted by atomic mass is 9.82. The number of pyridine rings is 2. The topological polar surface area (TPSA) is 68.0 Å². The lowest BCUT2D eigenvalue weighted by molar-refractivity contribution is 0.113. The van der Waals surface area contributed by atoms with Crippen LogP contribution in [-0.4, -0.2) is 43.9 Å². The van der Waals surface area contributed by atoms with Gasteiger partial charge in [-0.2, -0.15) is 5.10 Å². The summed E-state index contributed by atoms with van der Waals surface area (Å²) in [6, 6.07) is 10.2. The Bertz CT molecular complexity index is 1130. The van der Waals surface area contributed by atoms with Crippen molar-refractivity contribution in [2.75, 3.05) is 19.6 Å². The van der Waals surface area contributed by atoms with E-state index in [9.17, 15) is 4.79 Å². The summed E-state index contributed by atoms with van der Waals surface area (Å²) in [6.45, 7) is 6.69. The van der Waals surface area contributed by atoms with Crippen LogP contribution in [0.1, 0.15) is 35.8 Å². The number of nitrogens with zero attached hydrogens (tertiary/aromatic N) is 5. The Morgan fingerprint density at radius 3 is 3.00 bits per heavy atom. The van der Waals surface area contributed by atoms with Crippen LogP contribution in [0.15, 0.2) is 47.5 Å². The molecule has 160 valence electrons. The fourth-order valence-electron chi connectivity index (χ4n) is 5.62. The zero-order chi connectivity index (χ0) is 20.8. The average Bonchev–Trinajstić information content (AvgIpc) is 3.02. The molecule has 2 bridgehead atoms. The zero-order valence-electron chi connectivity index (χ0n) is 17.7. The van der Waals surface area contributed by atoms with Crippen molar-refractivity contribution in [3.63, 3.8) is 0 Å². The summed E-state index contributed by atoms with van der Waals surface area (Å²) >= 11 is 0. The second-order valence-corrected chi connectivity index (χ2v) is 9.23. The summed E-state index contributed by atoms with van der Waals surface area (Å²) in [5.74, 6) is 0.911. The number of likely N-dealkylation sites (tertiary alicyclic amines) is 1. The fraction of sp³-hybridized carbons (Fsp3) is 0.458. The number of aryl methyl sites for hydroxylation is 1. The number of hydrogen-bond donors (Lipinski definition) is 1. The van der Waals surface area contributed by atoms with Gasteiger partial charge in [0.05, 0.1) is 11.4 Å². The summed E-state index contributed by atoms with van der Waals surface area (Å²) in [5.41, 5.74) is 5.74. The molecule has 0 unspecified atom stereocenters. The van der Waals surface area contributed by atoms with Gasteiger partial charge in [0, 0.05) is 74.9 Å². The number of hydrogen-bond acceptors (Lipinski definition) is 5. The van der Waals surface area contributed by atoms with Gasteiger partial charge in [-0.15, -0.1) is 0 Å². The maximum absolute atomic E-state index is 12.9. The molecule has 0 amide bonds. The molecule has 3 aliphatic heterocycles. The van der Waals surface area contributed by atoms with Crippen molar-refractivity contribution >= 4 is 0 Å². The van der Waals surface area contributed by atoms with Gasteiger partial charge in [0.1, 0.15) is 0 Å². The number of fused-ring (bicyclic) bond motifs is 5. The Hall–Kier alpha value is -2.77. The summed E-state index contributed by atoms with van der Waals surface area (Å²) < 4.78 is 4.19. The third kappa shape index (κ3) is 3.62. The third-order valence-electron chi connectivity index (χ3n) is 6.96. The number of piperidine rings is 1. The van der Waals surface area contributed by atoms with E-state index in [0.29, 0.717) is 11.8 Å². The molecule has 0 radical (unpaired) electrons. The van der Waals surface area contributed by atoms with Crippen LogP contribution in [-0.2, 0) is 26.2 Å². The van der Waals surface area contributed by atoms with Crippen molar-refractivity contribution in [1.29, 1.82) is 0 Å². The Balaban J connectivity index is 1.26. The third-order valence-corrected chi connectivity index (χ3v) is 6.96. The SMILES string of the molecule is O=c1cc(-c2cccnc2)cc2n1C[C@H]1C[C@@H]2CN(Cc2cc3n(n2)CCCNC3)C1. The van der Waals surface area contributed by atoms with Gasteiger partial charge in [0.25, 0.3) is 5.56 Å². The van der Waals surface area contributed by atoms with Crippen LogP contribution in [0.5, 0.6) is 0 Å². The molecular weight excluding hydrogens is 388 g/mol. The summed E-state index contributed by atoms with van der Waals surface area (Å²) in [5, 5.41) is 8.36. The Morgan fingerprint density at radius 2 is 2.10 bits per heavy atom. The highest BCUT2D eigenvalue weighted by Gasteiger charge is 2.35. The minimum atomic E-state index is 0.116. The minimum Gasteiger partial charge on any atom is -0.312 e. The molecule has 7 heteroatoms. The first kappa shape index (κ1) is 19.0. The number of aromatic nitrogens is 4. The monoisotopic (exact) mass is 416 g/mol. The van der Waals surface area contributed by atoms with E-state index in [4.69, 9.17) is 5.10 Å². The van der Waals surface area contributed by atoms with Crippen molar-refractivity contribution in [2.24, 2.45) is 5.92 Å². The van der Waals surface area contributed by atoms with Crippen molar-refractivity contribution in [3.8, 4) is 11.1 Å². The fourth-order valence-corrected chi connectivity index (χ4v) is 5.62. The molecule has 2 atom stereocenters. The van der Waals surface area contributed by atoms with Gasteiger partial charge in [-0.1, -0.05) is 6.07 Å². The molecule has 6 heterocycles. The first-order valence-corrected chi connectivity index (χ1v) is 11.4. The summed E-state index contributed by atoms with van der Waals surface area (Å²) in [4.78, 5) is 19.7. The largest absolute Gasteiger partial charge is 0.312 e. The predicted molar refractivity (Wildman–Crippen MR) is 119 cm³/mol. The van der Waals surface area contributed by atoms with Crippen molar-refractivity contribution < 1.29 is 0 Å². The lowest BCUT2D eigenvalue weighted by Crippen LogP contribution is -2.46. The van der Waals surface area contributed by atoms with Gasteiger partial charge in [-0.05, 0) is 49.1 Å². The lowest BCUT2D eigenvalue weighted by Gasteiger charge is -2.42. The number of nitrogens with one attached hydrogen (secondary N) is 1. The quantitative estimate of drug-likeness (QED) is 0.709. The highest BCUT2D eigenvalue weighted by Crippen LogP contribution is 2.37. The van der Waals surface area contributed by atoms with E-state index >= 15 is 0 Å². The second-order valence-electron chi connectivity index (χ2n) is 9.23. The van der Waals surface area contributed by atoms with Gasteiger partial charge >= 0.3 is 0 Å². The molecule has 6 rings (SSSR count).